The van der Waals surface area contributed by atoms with Gasteiger partial charge in [0.1, 0.15) is 0 Å². The predicted molar refractivity (Wildman–Crippen MR) is 103 cm³/mol. The molecule has 1 fully saturated rings. The molecule has 1 aliphatic heterocycles. The first kappa shape index (κ1) is 21.3. The Labute approximate surface area is 167 Å². The van der Waals surface area contributed by atoms with Crippen LogP contribution in [-0.4, -0.2) is 31.7 Å². The van der Waals surface area contributed by atoms with Gasteiger partial charge in [-0.15, -0.1) is 0 Å². The van der Waals surface area contributed by atoms with Crippen molar-refractivity contribution in [2.24, 2.45) is 5.92 Å². The standard InChI is InChI=1S/C20H21F3N2O3S/c1-14-4-2-6-17(12-14)24-19(26)15-8-10-25(11-9-15)29(27,28)18-7-3-5-16(13-18)20(21,22)23/h2-7,12-13,15H,8-11H2,1H3,(H,24,26). The maximum Gasteiger partial charge on any atom is 0.416 e. The van der Waals surface area contributed by atoms with Gasteiger partial charge in [-0.1, -0.05) is 18.2 Å². The topological polar surface area (TPSA) is 66.5 Å². The summed E-state index contributed by atoms with van der Waals surface area (Å²) in [6.45, 7) is 2.06. The number of nitrogens with zero attached hydrogens (tertiary/aromatic N) is 1. The van der Waals surface area contributed by atoms with Crippen LogP contribution in [-0.2, 0) is 21.0 Å². The Hall–Kier alpha value is -2.39. The average Bonchev–Trinajstić information content (AvgIpc) is 2.67. The quantitative estimate of drug-likeness (QED) is 0.802. The monoisotopic (exact) mass is 426 g/mol. The number of aryl methyl sites for hydroxylation is 1. The summed E-state index contributed by atoms with van der Waals surface area (Å²) in [6.07, 6.45) is -4.02. The summed E-state index contributed by atoms with van der Waals surface area (Å²) < 4.78 is 65.3. The number of anilines is 1. The average molecular weight is 426 g/mol. The van der Waals surface area contributed by atoms with Crippen LogP contribution in [0.2, 0.25) is 0 Å². The molecule has 0 aliphatic carbocycles. The van der Waals surface area contributed by atoms with E-state index in [1.807, 2.05) is 25.1 Å². The minimum Gasteiger partial charge on any atom is -0.326 e. The molecule has 1 saturated heterocycles. The lowest BCUT2D eigenvalue weighted by Crippen LogP contribution is -2.41. The van der Waals surface area contributed by atoms with Gasteiger partial charge in [-0.05, 0) is 55.7 Å². The number of benzene rings is 2. The summed E-state index contributed by atoms with van der Waals surface area (Å²) in [7, 11) is -4.06. The number of carbonyl (C=O) groups excluding carboxylic acids is 1. The van der Waals surface area contributed by atoms with E-state index >= 15 is 0 Å². The molecule has 0 spiro atoms. The Morgan fingerprint density at radius 1 is 1.07 bits per heavy atom. The minimum atomic E-state index is -4.62. The molecule has 1 aliphatic rings. The van der Waals surface area contributed by atoms with E-state index in [-0.39, 0.29) is 24.9 Å². The van der Waals surface area contributed by atoms with Crippen LogP contribution in [0.25, 0.3) is 0 Å². The second kappa shape index (κ2) is 8.16. The van der Waals surface area contributed by atoms with Gasteiger partial charge in [0.15, 0.2) is 0 Å². The van der Waals surface area contributed by atoms with Gasteiger partial charge in [0.25, 0.3) is 0 Å². The number of nitrogens with one attached hydrogen (secondary N) is 1. The Kier molecular flexibility index (Phi) is 6.00. The zero-order valence-electron chi connectivity index (χ0n) is 15.7. The van der Waals surface area contributed by atoms with Crippen LogP contribution in [0.4, 0.5) is 18.9 Å². The van der Waals surface area contributed by atoms with Gasteiger partial charge in [0, 0.05) is 24.7 Å². The number of rotatable bonds is 4. The molecule has 0 atom stereocenters. The lowest BCUT2D eigenvalue weighted by Gasteiger charge is -2.30. The normalized spacial score (nSPS) is 16.6. The van der Waals surface area contributed by atoms with Crippen molar-refractivity contribution < 1.29 is 26.4 Å². The lowest BCUT2D eigenvalue weighted by molar-refractivity contribution is -0.137. The van der Waals surface area contributed by atoms with Crippen molar-refractivity contribution in [3.05, 3.63) is 59.7 Å². The zero-order chi connectivity index (χ0) is 21.2. The summed E-state index contributed by atoms with van der Waals surface area (Å²) in [5, 5.41) is 2.83. The van der Waals surface area contributed by atoms with E-state index in [0.717, 1.165) is 28.1 Å². The van der Waals surface area contributed by atoms with Crippen molar-refractivity contribution in [2.75, 3.05) is 18.4 Å². The molecule has 0 saturated carbocycles. The maximum absolute atomic E-state index is 12.9. The third kappa shape index (κ3) is 4.97. The summed E-state index contributed by atoms with van der Waals surface area (Å²) >= 11 is 0. The van der Waals surface area contributed by atoms with Crippen molar-refractivity contribution in [3.8, 4) is 0 Å². The lowest BCUT2D eigenvalue weighted by atomic mass is 9.97. The molecule has 156 valence electrons. The summed E-state index contributed by atoms with van der Waals surface area (Å²) in [6, 6.07) is 11.1. The molecule has 0 aromatic heterocycles. The molecule has 29 heavy (non-hydrogen) atoms. The van der Waals surface area contributed by atoms with Gasteiger partial charge in [-0.2, -0.15) is 17.5 Å². The number of hydrogen-bond donors (Lipinski definition) is 1. The Morgan fingerprint density at radius 3 is 2.34 bits per heavy atom. The molecule has 1 N–H and O–H groups in total. The van der Waals surface area contributed by atoms with Gasteiger partial charge in [-0.25, -0.2) is 8.42 Å². The SMILES string of the molecule is Cc1cccc(NC(=O)C2CCN(S(=O)(=O)c3cccc(C(F)(F)F)c3)CC2)c1. The van der Waals surface area contributed by atoms with Crippen LogP contribution in [0.3, 0.4) is 0 Å². The Bertz CT molecular complexity index is 998. The molecule has 2 aromatic carbocycles. The van der Waals surface area contributed by atoms with E-state index in [4.69, 9.17) is 0 Å². The summed E-state index contributed by atoms with van der Waals surface area (Å²) in [5.74, 6) is -0.546. The van der Waals surface area contributed by atoms with Crippen LogP contribution in [0.5, 0.6) is 0 Å². The number of sulfonamides is 1. The molecular formula is C20H21F3N2O3S. The summed E-state index contributed by atoms with van der Waals surface area (Å²) in [5.41, 5.74) is 0.671. The molecule has 9 heteroatoms. The first-order valence-corrected chi connectivity index (χ1v) is 10.6. The smallest absolute Gasteiger partial charge is 0.326 e. The molecule has 5 nitrogen and oxygen atoms in total. The highest BCUT2D eigenvalue weighted by Gasteiger charge is 2.35. The molecule has 3 rings (SSSR count). The van der Waals surface area contributed by atoms with E-state index < -0.39 is 26.7 Å². The zero-order valence-corrected chi connectivity index (χ0v) is 16.6. The highest BCUT2D eigenvalue weighted by atomic mass is 32.2. The highest BCUT2D eigenvalue weighted by Crippen LogP contribution is 2.32. The Balaban J connectivity index is 1.66. The third-order valence-electron chi connectivity index (χ3n) is 4.91. The molecule has 0 unspecified atom stereocenters. The van der Waals surface area contributed by atoms with Gasteiger partial charge < -0.3 is 5.32 Å². The first-order valence-electron chi connectivity index (χ1n) is 9.12. The third-order valence-corrected chi connectivity index (χ3v) is 6.80. The first-order chi connectivity index (χ1) is 13.6. The molecule has 0 bridgehead atoms. The number of hydrogen-bond acceptors (Lipinski definition) is 3. The van der Waals surface area contributed by atoms with Crippen molar-refractivity contribution in [3.63, 3.8) is 0 Å². The number of amides is 1. The molecular weight excluding hydrogens is 405 g/mol. The molecule has 1 heterocycles. The van der Waals surface area contributed by atoms with Crippen molar-refractivity contribution in [2.45, 2.75) is 30.8 Å². The van der Waals surface area contributed by atoms with E-state index in [9.17, 15) is 26.4 Å². The number of piperidine rings is 1. The molecule has 1 amide bonds. The second-order valence-corrected chi connectivity index (χ2v) is 9.00. The molecule has 0 radical (unpaired) electrons. The van der Waals surface area contributed by atoms with Crippen molar-refractivity contribution in [1.29, 1.82) is 0 Å². The van der Waals surface area contributed by atoms with Crippen molar-refractivity contribution in [1.82, 2.24) is 4.31 Å². The van der Waals surface area contributed by atoms with Crippen LogP contribution in [0, 0.1) is 12.8 Å². The van der Waals surface area contributed by atoms with E-state index in [1.54, 1.807) is 6.07 Å². The largest absolute Gasteiger partial charge is 0.416 e. The number of halogens is 3. The van der Waals surface area contributed by atoms with E-state index in [0.29, 0.717) is 24.6 Å². The fraction of sp³-hybridized carbons (Fsp3) is 0.350. The maximum atomic E-state index is 12.9. The van der Waals surface area contributed by atoms with E-state index in [2.05, 4.69) is 5.32 Å². The van der Waals surface area contributed by atoms with E-state index in [1.165, 1.54) is 0 Å². The predicted octanol–water partition coefficient (Wildman–Crippen LogP) is 4.05. The Morgan fingerprint density at radius 2 is 1.72 bits per heavy atom. The van der Waals surface area contributed by atoms with Crippen LogP contribution in [0.15, 0.2) is 53.4 Å². The fourth-order valence-corrected chi connectivity index (χ4v) is 4.82. The summed E-state index contributed by atoms with van der Waals surface area (Å²) in [4.78, 5) is 12.1. The second-order valence-electron chi connectivity index (χ2n) is 7.06. The van der Waals surface area contributed by atoms with Gasteiger partial charge >= 0.3 is 6.18 Å². The highest BCUT2D eigenvalue weighted by molar-refractivity contribution is 7.89. The van der Waals surface area contributed by atoms with Crippen LogP contribution >= 0.6 is 0 Å². The van der Waals surface area contributed by atoms with Crippen LogP contribution in [0.1, 0.15) is 24.0 Å². The van der Waals surface area contributed by atoms with Gasteiger partial charge in [0.05, 0.1) is 10.5 Å². The fourth-order valence-electron chi connectivity index (χ4n) is 3.31. The molecule has 2 aromatic rings. The van der Waals surface area contributed by atoms with Crippen LogP contribution < -0.4 is 5.32 Å². The van der Waals surface area contributed by atoms with Gasteiger partial charge in [-0.3, -0.25) is 4.79 Å². The van der Waals surface area contributed by atoms with Gasteiger partial charge in [0.2, 0.25) is 15.9 Å². The number of alkyl halides is 3. The minimum absolute atomic E-state index is 0.0739. The van der Waals surface area contributed by atoms with Crippen molar-refractivity contribution >= 4 is 21.6 Å². The number of carbonyl (C=O) groups is 1.